The summed E-state index contributed by atoms with van der Waals surface area (Å²) in [5.74, 6) is -1.04. The lowest BCUT2D eigenvalue weighted by molar-refractivity contribution is -0.386. The zero-order valence-electron chi connectivity index (χ0n) is 15.9. The summed E-state index contributed by atoms with van der Waals surface area (Å²) in [5.41, 5.74) is 3.60. The van der Waals surface area contributed by atoms with Crippen molar-refractivity contribution in [3.05, 3.63) is 57.6 Å². The average molecular weight is 386 g/mol. The molecule has 2 aromatic carbocycles. The predicted octanol–water partition coefficient (Wildman–Crippen LogP) is 2.92. The van der Waals surface area contributed by atoms with Gasteiger partial charge in [0.25, 0.3) is 5.91 Å². The molecular formula is C19H22N4O5. The second-order valence-corrected chi connectivity index (χ2v) is 5.77. The molecule has 0 saturated carbocycles. The van der Waals surface area contributed by atoms with Crippen molar-refractivity contribution in [1.29, 1.82) is 0 Å². The Balaban J connectivity index is 2.11. The van der Waals surface area contributed by atoms with Gasteiger partial charge in [-0.2, -0.15) is 5.10 Å². The molecule has 0 saturated heterocycles. The number of rotatable bonds is 8. The van der Waals surface area contributed by atoms with Gasteiger partial charge in [0.2, 0.25) is 5.75 Å². The van der Waals surface area contributed by atoms with E-state index in [1.165, 1.54) is 19.4 Å². The Bertz CT molecular complexity index is 877. The van der Waals surface area contributed by atoms with Crippen LogP contribution in [0, 0.1) is 10.1 Å². The molecule has 28 heavy (non-hydrogen) atoms. The number of ether oxygens (including phenoxy) is 1. The van der Waals surface area contributed by atoms with Gasteiger partial charge in [-0.1, -0.05) is 0 Å². The van der Waals surface area contributed by atoms with Gasteiger partial charge in [0, 0.05) is 36.0 Å². The van der Waals surface area contributed by atoms with Crippen LogP contribution < -0.4 is 15.1 Å². The maximum atomic E-state index is 12.2. The van der Waals surface area contributed by atoms with Crippen molar-refractivity contribution in [3.8, 4) is 11.5 Å². The molecule has 0 aliphatic heterocycles. The Morgan fingerprint density at radius 2 is 1.93 bits per heavy atom. The van der Waals surface area contributed by atoms with Crippen LogP contribution in [0.15, 0.2) is 41.5 Å². The molecule has 9 heteroatoms. The van der Waals surface area contributed by atoms with Gasteiger partial charge in [0.1, 0.15) is 0 Å². The lowest BCUT2D eigenvalue weighted by atomic mass is 10.2. The lowest BCUT2D eigenvalue weighted by Crippen LogP contribution is -2.22. The number of hydrazone groups is 1. The number of anilines is 1. The number of aromatic hydroxyl groups is 1. The fraction of sp³-hybridized carbons (Fsp3) is 0.263. The van der Waals surface area contributed by atoms with E-state index in [2.05, 4.69) is 29.3 Å². The van der Waals surface area contributed by atoms with Gasteiger partial charge in [-0.25, -0.2) is 5.43 Å². The van der Waals surface area contributed by atoms with Crippen molar-refractivity contribution in [2.24, 2.45) is 5.10 Å². The van der Waals surface area contributed by atoms with E-state index < -0.39 is 22.3 Å². The highest BCUT2D eigenvalue weighted by Gasteiger charge is 2.19. The Morgan fingerprint density at radius 3 is 2.46 bits per heavy atom. The number of nitro groups is 1. The van der Waals surface area contributed by atoms with Crippen LogP contribution in [0.5, 0.6) is 11.5 Å². The van der Waals surface area contributed by atoms with Gasteiger partial charge in [-0.3, -0.25) is 14.9 Å². The molecule has 2 N–H and O–H groups in total. The van der Waals surface area contributed by atoms with E-state index in [1.807, 2.05) is 12.1 Å². The number of amides is 1. The minimum atomic E-state index is -0.731. The van der Waals surface area contributed by atoms with Gasteiger partial charge in [0.15, 0.2) is 5.75 Å². The van der Waals surface area contributed by atoms with Crippen molar-refractivity contribution in [1.82, 2.24) is 5.43 Å². The second kappa shape index (κ2) is 9.36. The third-order valence-electron chi connectivity index (χ3n) is 4.13. The van der Waals surface area contributed by atoms with Crippen LogP contribution in [0.4, 0.5) is 11.4 Å². The summed E-state index contributed by atoms with van der Waals surface area (Å²) in [5, 5.41) is 24.6. The molecule has 0 aliphatic rings. The second-order valence-electron chi connectivity index (χ2n) is 5.77. The van der Waals surface area contributed by atoms with E-state index in [0.29, 0.717) is 11.1 Å². The van der Waals surface area contributed by atoms with Gasteiger partial charge < -0.3 is 14.7 Å². The standard InChI is InChI=1S/C19H22N4O5/c1-4-22(5-2)15-8-6-14(7-9-15)19(25)21-20-12-13-10-16(23(26)27)18(24)17(11-13)28-3/h6-12,24H,4-5H2,1-3H3,(H,21,25)/b20-12-. The average Bonchev–Trinajstić information content (AvgIpc) is 2.70. The number of carbonyl (C=O) groups excluding carboxylic acids is 1. The Morgan fingerprint density at radius 1 is 1.29 bits per heavy atom. The minimum absolute atomic E-state index is 0.0611. The molecule has 2 rings (SSSR count). The third-order valence-corrected chi connectivity index (χ3v) is 4.13. The van der Waals surface area contributed by atoms with Crippen LogP contribution in [-0.2, 0) is 0 Å². The van der Waals surface area contributed by atoms with Crippen molar-refractivity contribution in [3.63, 3.8) is 0 Å². The van der Waals surface area contributed by atoms with E-state index in [0.717, 1.165) is 24.8 Å². The van der Waals surface area contributed by atoms with E-state index in [-0.39, 0.29) is 5.75 Å². The molecule has 0 radical (unpaired) electrons. The largest absolute Gasteiger partial charge is 0.500 e. The SMILES string of the molecule is CCN(CC)c1ccc(C(=O)N/N=C\c2cc(OC)c(O)c([N+](=O)[O-])c2)cc1. The van der Waals surface area contributed by atoms with Crippen LogP contribution in [0.3, 0.4) is 0 Å². The molecule has 148 valence electrons. The van der Waals surface area contributed by atoms with Crippen LogP contribution >= 0.6 is 0 Å². The predicted molar refractivity (Wildman–Crippen MR) is 106 cm³/mol. The Hall–Kier alpha value is -3.62. The molecule has 0 aliphatic carbocycles. The molecular weight excluding hydrogens is 364 g/mol. The number of benzene rings is 2. The molecule has 0 unspecified atom stereocenters. The third kappa shape index (κ3) is 4.76. The summed E-state index contributed by atoms with van der Waals surface area (Å²) >= 11 is 0. The highest BCUT2D eigenvalue weighted by atomic mass is 16.6. The van der Waals surface area contributed by atoms with Crippen molar-refractivity contribution < 1.29 is 19.6 Å². The molecule has 1 amide bonds. The van der Waals surface area contributed by atoms with Crippen LogP contribution in [0.1, 0.15) is 29.8 Å². The highest BCUT2D eigenvalue weighted by Crippen LogP contribution is 2.36. The highest BCUT2D eigenvalue weighted by molar-refractivity contribution is 5.95. The summed E-state index contributed by atoms with van der Waals surface area (Å²) in [4.78, 5) is 24.6. The van der Waals surface area contributed by atoms with Crippen molar-refractivity contribution >= 4 is 23.5 Å². The normalized spacial score (nSPS) is 10.7. The molecule has 9 nitrogen and oxygen atoms in total. The summed E-state index contributed by atoms with van der Waals surface area (Å²) in [6.07, 6.45) is 1.23. The number of phenols is 1. The Kier molecular flexibility index (Phi) is 6.91. The first-order valence-corrected chi connectivity index (χ1v) is 8.65. The monoisotopic (exact) mass is 386 g/mol. The van der Waals surface area contributed by atoms with E-state index in [1.54, 1.807) is 12.1 Å². The molecule has 0 bridgehead atoms. The number of hydrogen-bond donors (Lipinski definition) is 2. The molecule has 0 aromatic heterocycles. The van der Waals surface area contributed by atoms with Crippen molar-refractivity contribution in [2.75, 3.05) is 25.1 Å². The van der Waals surface area contributed by atoms with Gasteiger partial charge in [-0.15, -0.1) is 0 Å². The number of nitrogens with one attached hydrogen (secondary N) is 1. The zero-order valence-corrected chi connectivity index (χ0v) is 15.9. The van der Waals surface area contributed by atoms with Crippen LogP contribution in [-0.4, -0.2) is 42.4 Å². The number of methoxy groups -OCH3 is 1. The number of hydrogen-bond acceptors (Lipinski definition) is 7. The van der Waals surface area contributed by atoms with Gasteiger partial charge >= 0.3 is 5.69 Å². The quantitative estimate of drug-likeness (QED) is 0.409. The van der Waals surface area contributed by atoms with E-state index in [9.17, 15) is 20.0 Å². The summed E-state index contributed by atoms with van der Waals surface area (Å²) in [7, 11) is 1.28. The van der Waals surface area contributed by atoms with Crippen molar-refractivity contribution in [2.45, 2.75) is 13.8 Å². The molecule has 0 fully saturated rings. The number of nitro benzene ring substituents is 1. The van der Waals surface area contributed by atoms with Crippen LogP contribution in [0.25, 0.3) is 0 Å². The first kappa shape index (κ1) is 20.7. The first-order valence-electron chi connectivity index (χ1n) is 8.65. The fourth-order valence-corrected chi connectivity index (χ4v) is 2.63. The first-order chi connectivity index (χ1) is 13.4. The summed E-state index contributed by atoms with van der Waals surface area (Å²) in [6.45, 7) is 5.85. The molecule has 0 atom stereocenters. The van der Waals surface area contributed by atoms with E-state index >= 15 is 0 Å². The smallest absolute Gasteiger partial charge is 0.315 e. The summed E-state index contributed by atoms with van der Waals surface area (Å²) in [6, 6.07) is 9.63. The molecule has 0 heterocycles. The zero-order chi connectivity index (χ0) is 20.7. The fourth-order valence-electron chi connectivity index (χ4n) is 2.63. The van der Waals surface area contributed by atoms with Gasteiger partial charge in [0.05, 0.1) is 18.2 Å². The topological polar surface area (TPSA) is 117 Å². The van der Waals surface area contributed by atoms with Gasteiger partial charge in [-0.05, 0) is 44.2 Å². The minimum Gasteiger partial charge on any atom is -0.500 e. The summed E-state index contributed by atoms with van der Waals surface area (Å²) < 4.78 is 4.91. The number of nitrogens with zero attached hydrogens (tertiary/aromatic N) is 3. The number of phenolic OH excluding ortho intramolecular Hbond substituents is 1. The molecule has 0 spiro atoms. The Labute approximate surface area is 162 Å². The van der Waals surface area contributed by atoms with Crippen LogP contribution in [0.2, 0.25) is 0 Å². The molecule has 2 aromatic rings. The lowest BCUT2D eigenvalue weighted by Gasteiger charge is -2.20. The van der Waals surface area contributed by atoms with E-state index in [4.69, 9.17) is 4.74 Å². The maximum Gasteiger partial charge on any atom is 0.315 e. The maximum absolute atomic E-state index is 12.2. The number of carbonyl (C=O) groups is 1.